The van der Waals surface area contributed by atoms with Gasteiger partial charge in [-0.25, -0.2) is 0 Å². The second-order valence-electron chi connectivity index (χ2n) is 16.1. The van der Waals surface area contributed by atoms with Crippen molar-refractivity contribution in [2.75, 3.05) is 13.2 Å². The molecule has 1 fully saturated rings. The van der Waals surface area contributed by atoms with E-state index >= 15 is 0 Å². The fourth-order valence-corrected chi connectivity index (χ4v) is 7.16. The molecule has 8 N–H and O–H groups in total. The van der Waals surface area contributed by atoms with E-state index in [9.17, 15) is 40.5 Å². The van der Waals surface area contributed by atoms with Crippen LogP contribution in [0.5, 0.6) is 0 Å². The number of aliphatic hydroxyl groups excluding tert-OH is 7. The van der Waals surface area contributed by atoms with Crippen LogP contribution in [0, 0.1) is 0 Å². The number of ether oxygens (including phenoxy) is 2. The fraction of sp³-hybridized carbons (Fsp3) is 0.848. The molecule has 11 nitrogen and oxygen atoms in total. The average molecular weight is 812 g/mol. The summed E-state index contributed by atoms with van der Waals surface area (Å²) >= 11 is 0. The predicted octanol–water partition coefficient (Wildman–Crippen LogP) is 7.22. The van der Waals surface area contributed by atoms with Crippen molar-refractivity contribution in [2.45, 2.75) is 236 Å². The molecule has 57 heavy (non-hydrogen) atoms. The van der Waals surface area contributed by atoms with Gasteiger partial charge in [0.1, 0.15) is 36.6 Å². The Kier molecular flexibility index (Phi) is 33.9. The van der Waals surface area contributed by atoms with Crippen LogP contribution in [-0.4, -0.2) is 110 Å². The van der Waals surface area contributed by atoms with Gasteiger partial charge in [0.05, 0.1) is 25.4 Å². The minimum Gasteiger partial charge on any atom is -0.394 e. The lowest BCUT2D eigenvalue weighted by molar-refractivity contribution is -0.303. The molecular formula is C46H85NO10. The highest BCUT2D eigenvalue weighted by Gasteiger charge is 2.44. The van der Waals surface area contributed by atoms with E-state index in [1.54, 1.807) is 0 Å². The van der Waals surface area contributed by atoms with Gasteiger partial charge >= 0.3 is 0 Å². The standard InChI is InChI=1S/C46H85NO10/c1-3-5-7-9-11-13-14-15-16-17-18-19-20-21-22-23-24-25-26-28-30-32-34-39(50)45(55)47-37(36-56-46-44(54)43(53)42(52)40(35-48)57-46)41(51)38(49)33-31-29-27-12-10-8-6-4-2/h4,6,12,21-22,27,37-44,46,48-54H,3,5,7-11,13-20,23-26,28-36H2,1-2H3,(H,47,55)/b6-4+,22-21-,27-12+. The van der Waals surface area contributed by atoms with Gasteiger partial charge in [0.15, 0.2) is 6.29 Å². The number of carbonyl (C=O) groups is 1. The Morgan fingerprint density at radius 1 is 0.632 bits per heavy atom. The first-order chi connectivity index (χ1) is 27.7. The SMILES string of the molecule is C/C=C/CC/C=C/CCCC(O)C(O)C(COC1OC(CO)C(O)C(O)C1O)NC(=O)C(O)CCCCCCCC/C=C\CCCCCCCCCCCCCC. The third kappa shape index (κ3) is 26.2. The molecule has 9 atom stereocenters. The van der Waals surface area contributed by atoms with Gasteiger partial charge in [0.25, 0.3) is 0 Å². The monoisotopic (exact) mass is 812 g/mol. The van der Waals surface area contributed by atoms with E-state index in [1.807, 2.05) is 19.1 Å². The second kappa shape index (κ2) is 36.2. The van der Waals surface area contributed by atoms with E-state index in [0.717, 1.165) is 51.4 Å². The van der Waals surface area contributed by atoms with Crippen molar-refractivity contribution in [3.8, 4) is 0 Å². The lowest BCUT2D eigenvalue weighted by atomic mass is 9.98. The number of carbonyl (C=O) groups excluding carboxylic acids is 1. The van der Waals surface area contributed by atoms with E-state index in [0.29, 0.717) is 19.3 Å². The number of allylic oxidation sites excluding steroid dienone is 6. The summed E-state index contributed by atoms with van der Waals surface area (Å²) in [5.74, 6) is -0.719. The first-order valence-corrected chi connectivity index (χ1v) is 22.9. The first kappa shape index (κ1) is 53.3. The van der Waals surface area contributed by atoms with Gasteiger partial charge in [-0.15, -0.1) is 0 Å². The Morgan fingerprint density at radius 3 is 1.67 bits per heavy atom. The summed E-state index contributed by atoms with van der Waals surface area (Å²) in [6.07, 6.45) is 29.6. The normalized spacial score (nSPS) is 22.4. The van der Waals surface area contributed by atoms with Gasteiger partial charge in [-0.3, -0.25) is 4.79 Å². The molecule has 11 heteroatoms. The molecule has 0 bridgehead atoms. The van der Waals surface area contributed by atoms with Gasteiger partial charge in [0, 0.05) is 0 Å². The Balaban J connectivity index is 2.36. The maximum Gasteiger partial charge on any atom is 0.249 e. The quantitative estimate of drug-likeness (QED) is 0.0235. The summed E-state index contributed by atoms with van der Waals surface area (Å²) in [7, 11) is 0. The van der Waals surface area contributed by atoms with E-state index in [-0.39, 0.29) is 12.8 Å². The molecule has 1 saturated heterocycles. The van der Waals surface area contributed by atoms with Crippen LogP contribution in [0.25, 0.3) is 0 Å². The van der Waals surface area contributed by atoms with E-state index in [2.05, 4.69) is 36.5 Å². The zero-order valence-corrected chi connectivity index (χ0v) is 35.8. The van der Waals surface area contributed by atoms with Crippen molar-refractivity contribution in [3.05, 3.63) is 36.5 Å². The number of amides is 1. The van der Waals surface area contributed by atoms with E-state index < -0.39 is 74.2 Å². The molecule has 0 saturated carbocycles. The molecule has 0 aromatic rings. The Hall–Kier alpha value is -1.67. The van der Waals surface area contributed by atoms with Gasteiger partial charge in [-0.1, -0.05) is 146 Å². The first-order valence-electron chi connectivity index (χ1n) is 22.9. The Morgan fingerprint density at radius 2 is 1.12 bits per heavy atom. The van der Waals surface area contributed by atoms with Gasteiger partial charge in [-0.2, -0.15) is 0 Å². The Labute approximate surface area is 346 Å². The summed E-state index contributed by atoms with van der Waals surface area (Å²) in [6.45, 7) is 3.16. The van der Waals surface area contributed by atoms with Crippen molar-refractivity contribution in [1.29, 1.82) is 0 Å². The zero-order valence-electron chi connectivity index (χ0n) is 35.8. The third-order valence-corrected chi connectivity index (χ3v) is 11.0. The molecular weight excluding hydrogens is 727 g/mol. The van der Waals surface area contributed by atoms with E-state index in [4.69, 9.17) is 9.47 Å². The average Bonchev–Trinajstić information content (AvgIpc) is 3.21. The molecule has 1 rings (SSSR count). The number of unbranched alkanes of at least 4 members (excludes halogenated alkanes) is 20. The summed E-state index contributed by atoms with van der Waals surface area (Å²) in [6, 6.07) is -1.19. The van der Waals surface area contributed by atoms with Gasteiger partial charge < -0.3 is 50.5 Å². The third-order valence-electron chi connectivity index (χ3n) is 11.0. The van der Waals surface area contributed by atoms with Crippen LogP contribution in [0.2, 0.25) is 0 Å². The number of rotatable bonds is 37. The molecule has 1 heterocycles. The lowest BCUT2D eigenvalue weighted by Gasteiger charge is -2.40. The van der Waals surface area contributed by atoms with Crippen LogP contribution in [0.15, 0.2) is 36.5 Å². The fourth-order valence-electron chi connectivity index (χ4n) is 7.16. The number of nitrogens with one attached hydrogen (secondary N) is 1. The molecule has 0 aliphatic carbocycles. The van der Waals surface area contributed by atoms with Crippen LogP contribution >= 0.6 is 0 Å². The summed E-state index contributed by atoms with van der Waals surface area (Å²) < 4.78 is 11.0. The van der Waals surface area contributed by atoms with Crippen molar-refractivity contribution < 1.29 is 50.0 Å². The molecule has 1 aliphatic heterocycles. The lowest BCUT2D eigenvalue weighted by Crippen LogP contribution is -2.60. The zero-order chi connectivity index (χ0) is 41.9. The molecule has 1 aliphatic rings. The second-order valence-corrected chi connectivity index (χ2v) is 16.1. The highest BCUT2D eigenvalue weighted by molar-refractivity contribution is 5.80. The number of aliphatic hydroxyl groups is 7. The maximum absolute atomic E-state index is 13.0. The maximum atomic E-state index is 13.0. The largest absolute Gasteiger partial charge is 0.394 e. The molecule has 1 amide bonds. The number of hydrogen-bond donors (Lipinski definition) is 8. The summed E-state index contributed by atoms with van der Waals surface area (Å²) in [5, 5.41) is 75.2. The van der Waals surface area contributed by atoms with Gasteiger partial charge in [0.2, 0.25) is 5.91 Å². The highest BCUT2D eigenvalue weighted by Crippen LogP contribution is 2.23. The van der Waals surface area contributed by atoms with Crippen LogP contribution in [0.4, 0.5) is 0 Å². The number of hydrogen-bond acceptors (Lipinski definition) is 10. The molecule has 0 aromatic heterocycles. The Bertz CT molecular complexity index is 1020. The smallest absolute Gasteiger partial charge is 0.249 e. The molecule has 9 unspecified atom stereocenters. The van der Waals surface area contributed by atoms with E-state index in [1.165, 1.54) is 83.5 Å². The minimum absolute atomic E-state index is 0.241. The molecule has 334 valence electrons. The van der Waals surface area contributed by atoms with Crippen molar-refractivity contribution in [3.63, 3.8) is 0 Å². The van der Waals surface area contributed by atoms with Crippen LogP contribution in [0.3, 0.4) is 0 Å². The van der Waals surface area contributed by atoms with Gasteiger partial charge in [-0.05, 0) is 71.1 Å². The molecule has 0 aromatic carbocycles. The topological polar surface area (TPSA) is 189 Å². The summed E-state index contributed by atoms with van der Waals surface area (Å²) in [4.78, 5) is 13.0. The summed E-state index contributed by atoms with van der Waals surface area (Å²) in [5.41, 5.74) is 0. The van der Waals surface area contributed by atoms with Crippen molar-refractivity contribution >= 4 is 5.91 Å². The van der Waals surface area contributed by atoms with Crippen molar-refractivity contribution in [1.82, 2.24) is 5.32 Å². The van der Waals surface area contributed by atoms with Crippen molar-refractivity contribution in [2.24, 2.45) is 0 Å². The minimum atomic E-state index is -1.67. The molecule has 0 radical (unpaired) electrons. The van der Waals surface area contributed by atoms with Crippen LogP contribution < -0.4 is 5.32 Å². The predicted molar refractivity (Wildman–Crippen MR) is 228 cm³/mol. The van der Waals surface area contributed by atoms with Crippen LogP contribution in [-0.2, 0) is 14.3 Å². The van der Waals surface area contributed by atoms with Crippen LogP contribution in [0.1, 0.15) is 181 Å². The highest BCUT2D eigenvalue weighted by atomic mass is 16.7. The molecule has 0 spiro atoms.